The highest BCUT2D eigenvalue weighted by Crippen LogP contribution is 2.30. The lowest BCUT2D eigenvalue weighted by Gasteiger charge is -2.17. The highest BCUT2D eigenvalue weighted by Gasteiger charge is 2.20. The third-order valence-electron chi connectivity index (χ3n) is 2.21. The van der Waals surface area contributed by atoms with Gasteiger partial charge in [-0.25, -0.2) is 4.98 Å². The van der Waals surface area contributed by atoms with Crippen LogP contribution in [0, 0.1) is 0 Å². The van der Waals surface area contributed by atoms with E-state index in [4.69, 9.17) is 11.6 Å². The van der Waals surface area contributed by atoms with Gasteiger partial charge in [0, 0.05) is 12.3 Å². The van der Waals surface area contributed by atoms with Crippen LogP contribution >= 0.6 is 23.5 Å². The van der Waals surface area contributed by atoms with E-state index in [9.17, 15) is 4.79 Å². The van der Waals surface area contributed by atoms with Crippen LogP contribution in [0.3, 0.4) is 0 Å². The maximum Gasteiger partial charge on any atom is 0.163 e. The van der Waals surface area contributed by atoms with E-state index in [1.807, 2.05) is 4.31 Å². The number of carbonyl (C=O) groups excluding carboxylic acids is 1. The van der Waals surface area contributed by atoms with Crippen LogP contribution in [-0.4, -0.2) is 23.1 Å². The van der Waals surface area contributed by atoms with Gasteiger partial charge in [0.2, 0.25) is 0 Å². The summed E-state index contributed by atoms with van der Waals surface area (Å²) in [5.74, 6) is 1.81. The predicted octanol–water partition coefficient (Wildman–Crippen LogP) is 2.80. The lowest BCUT2D eigenvalue weighted by Crippen LogP contribution is -2.14. The molecule has 5 heteroatoms. The van der Waals surface area contributed by atoms with Gasteiger partial charge < -0.3 is 0 Å². The SMILES string of the molecule is CC(=O)c1ccc(Cl)nc1N1CCCS1. The third kappa shape index (κ3) is 2.26. The normalized spacial score (nSPS) is 15.7. The van der Waals surface area contributed by atoms with E-state index in [-0.39, 0.29) is 5.78 Å². The molecule has 2 heterocycles. The number of Topliss-reactive ketones (excluding diaryl/α,β-unsaturated/α-hetero) is 1. The molecule has 0 amide bonds. The van der Waals surface area contributed by atoms with Crippen molar-refractivity contribution < 1.29 is 4.79 Å². The molecule has 0 N–H and O–H groups in total. The fourth-order valence-corrected chi connectivity index (χ4v) is 2.65. The minimum Gasteiger partial charge on any atom is -0.300 e. The van der Waals surface area contributed by atoms with Crippen LogP contribution in [0.25, 0.3) is 0 Å². The maximum atomic E-state index is 11.4. The second-order valence-electron chi connectivity index (χ2n) is 3.35. The first-order valence-corrected chi connectivity index (χ1v) is 6.08. The molecule has 1 fully saturated rings. The number of anilines is 1. The van der Waals surface area contributed by atoms with Gasteiger partial charge in [0.05, 0.1) is 5.56 Å². The molecule has 1 saturated heterocycles. The second kappa shape index (κ2) is 4.41. The van der Waals surface area contributed by atoms with Gasteiger partial charge in [0.25, 0.3) is 0 Å². The summed E-state index contributed by atoms with van der Waals surface area (Å²) in [6.45, 7) is 2.48. The summed E-state index contributed by atoms with van der Waals surface area (Å²) in [6, 6.07) is 3.40. The van der Waals surface area contributed by atoms with Gasteiger partial charge in [0.15, 0.2) is 11.6 Å². The monoisotopic (exact) mass is 242 g/mol. The molecule has 0 saturated carbocycles. The first kappa shape index (κ1) is 10.8. The van der Waals surface area contributed by atoms with E-state index in [2.05, 4.69) is 4.98 Å². The summed E-state index contributed by atoms with van der Waals surface area (Å²) >= 11 is 7.54. The zero-order valence-electron chi connectivity index (χ0n) is 8.36. The molecule has 0 unspecified atom stereocenters. The predicted molar refractivity (Wildman–Crippen MR) is 63.7 cm³/mol. The van der Waals surface area contributed by atoms with Crippen molar-refractivity contribution in [3.63, 3.8) is 0 Å². The van der Waals surface area contributed by atoms with Gasteiger partial charge in [-0.05, 0) is 37.4 Å². The van der Waals surface area contributed by atoms with E-state index >= 15 is 0 Å². The average molecular weight is 243 g/mol. The van der Waals surface area contributed by atoms with Crippen LogP contribution in [0.5, 0.6) is 0 Å². The van der Waals surface area contributed by atoms with Gasteiger partial charge in [-0.2, -0.15) is 0 Å². The highest BCUT2D eigenvalue weighted by atomic mass is 35.5. The Kier molecular flexibility index (Phi) is 3.17. The van der Waals surface area contributed by atoms with Crippen LogP contribution in [-0.2, 0) is 0 Å². The van der Waals surface area contributed by atoms with Crippen molar-refractivity contribution in [3.05, 3.63) is 22.8 Å². The minimum atomic E-state index is 0.0293. The van der Waals surface area contributed by atoms with E-state index < -0.39 is 0 Å². The van der Waals surface area contributed by atoms with Crippen molar-refractivity contribution in [3.8, 4) is 0 Å². The van der Waals surface area contributed by atoms with E-state index in [0.717, 1.165) is 18.7 Å². The fourth-order valence-electron chi connectivity index (χ4n) is 1.50. The van der Waals surface area contributed by atoms with Gasteiger partial charge in [-0.1, -0.05) is 11.6 Å². The van der Waals surface area contributed by atoms with Crippen molar-refractivity contribution in [2.75, 3.05) is 16.6 Å². The van der Waals surface area contributed by atoms with Gasteiger partial charge in [-0.3, -0.25) is 9.10 Å². The molecule has 1 aromatic heterocycles. The summed E-state index contributed by atoms with van der Waals surface area (Å²) in [6.07, 6.45) is 1.12. The lowest BCUT2D eigenvalue weighted by atomic mass is 10.2. The molecule has 1 aromatic rings. The van der Waals surface area contributed by atoms with Gasteiger partial charge in [-0.15, -0.1) is 0 Å². The molecular weight excluding hydrogens is 232 g/mol. The Morgan fingerprint density at radius 1 is 1.60 bits per heavy atom. The molecule has 1 aliphatic rings. The van der Waals surface area contributed by atoms with Crippen molar-refractivity contribution in [1.82, 2.24) is 4.98 Å². The van der Waals surface area contributed by atoms with Crippen molar-refractivity contribution in [1.29, 1.82) is 0 Å². The number of pyridine rings is 1. The molecule has 0 bridgehead atoms. The smallest absolute Gasteiger partial charge is 0.163 e. The summed E-state index contributed by atoms with van der Waals surface area (Å²) in [7, 11) is 0. The summed E-state index contributed by atoms with van der Waals surface area (Å²) in [4.78, 5) is 15.6. The Balaban J connectivity index is 2.41. The zero-order valence-corrected chi connectivity index (χ0v) is 9.94. The zero-order chi connectivity index (χ0) is 10.8. The van der Waals surface area contributed by atoms with E-state index in [0.29, 0.717) is 16.5 Å². The second-order valence-corrected chi connectivity index (χ2v) is 4.84. The van der Waals surface area contributed by atoms with E-state index in [1.54, 1.807) is 31.0 Å². The molecule has 0 aliphatic carbocycles. The molecule has 1 aliphatic heterocycles. The molecule has 0 spiro atoms. The Labute approximate surface area is 98.0 Å². The number of hydrogen-bond acceptors (Lipinski definition) is 4. The molecule has 2 rings (SSSR count). The molecular formula is C10H11ClN2OS. The third-order valence-corrected chi connectivity index (χ3v) is 3.56. The van der Waals surface area contributed by atoms with E-state index in [1.165, 1.54) is 0 Å². The Bertz CT molecular complexity index is 391. The largest absolute Gasteiger partial charge is 0.300 e. The molecule has 3 nitrogen and oxygen atoms in total. The topological polar surface area (TPSA) is 33.2 Å². The van der Waals surface area contributed by atoms with Crippen molar-refractivity contribution >= 4 is 35.1 Å². The van der Waals surface area contributed by atoms with Crippen LogP contribution < -0.4 is 4.31 Å². The van der Waals surface area contributed by atoms with Gasteiger partial charge in [0.1, 0.15) is 5.15 Å². The molecule has 80 valence electrons. The number of halogens is 1. The van der Waals surface area contributed by atoms with Gasteiger partial charge >= 0.3 is 0 Å². The maximum absolute atomic E-state index is 11.4. The highest BCUT2D eigenvalue weighted by molar-refractivity contribution is 8.00. The summed E-state index contributed by atoms with van der Waals surface area (Å²) in [5.41, 5.74) is 0.647. The quantitative estimate of drug-likeness (QED) is 0.454. The van der Waals surface area contributed by atoms with Crippen molar-refractivity contribution in [2.24, 2.45) is 0 Å². The fraction of sp³-hybridized carbons (Fsp3) is 0.400. The van der Waals surface area contributed by atoms with Crippen LogP contribution in [0.2, 0.25) is 5.15 Å². The number of hydrogen-bond donors (Lipinski definition) is 0. The number of ketones is 1. The number of aromatic nitrogens is 1. The minimum absolute atomic E-state index is 0.0293. The molecule has 15 heavy (non-hydrogen) atoms. The molecule has 0 atom stereocenters. The van der Waals surface area contributed by atoms with Crippen LogP contribution in [0.15, 0.2) is 12.1 Å². The Hall–Kier alpha value is -0.740. The Morgan fingerprint density at radius 3 is 3.00 bits per heavy atom. The standard InChI is InChI=1S/C10H11ClN2OS/c1-7(14)8-3-4-9(11)12-10(8)13-5-2-6-15-13/h3-4H,2,5-6H2,1H3. The molecule has 0 radical (unpaired) electrons. The summed E-state index contributed by atoms with van der Waals surface area (Å²) < 4.78 is 2.04. The number of carbonyl (C=O) groups is 1. The van der Waals surface area contributed by atoms with Crippen molar-refractivity contribution in [2.45, 2.75) is 13.3 Å². The summed E-state index contributed by atoms with van der Waals surface area (Å²) in [5, 5.41) is 0.433. The molecule has 0 aromatic carbocycles. The lowest BCUT2D eigenvalue weighted by molar-refractivity contribution is 0.101. The first-order chi connectivity index (χ1) is 7.18. The number of nitrogens with zero attached hydrogens (tertiary/aromatic N) is 2. The van der Waals surface area contributed by atoms with Crippen LogP contribution in [0.4, 0.5) is 5.82 Å². The average Bonchev–Trinajstić information content (AvgIpc) is 2.69. The first-order valence-electron chi connectivity index (χ1n) is 4.76. The Morgan fingerprint density at radius 2 is 2.40 bits per heavy atom. The van der Waals surface area contributed by atoms with Crippen LogP contribution in [0.1, 0.15) is 23.7 Å². The number of rotatable bonds is 2.